The maximum absolute atomic E-state index is 12.8. The van der Waals surface area contributed by atoms with Gasteiger partial charge in [0, 0.05) is 30.3 Å². The van der Waals surface area contributed by atoms with Gasteiger partial charge in [-0.25, -0.2) is 4.79 Å². The third kappa shape index (κ3) is 4.99. The summed E-state index contributed by atoms with van der Waals surface area (Å²) in [7, 11) is 0. The average Bonchev–Trinajstić information content (AvgIpc) is 3.16. The molecule has 7 nitrogen and oxygen atoms in total. The van der Waals surface area contributed by atoms with Gasteiger partial charge in [0.1, 0.15) is 6.04 Å². The van der Waals surface area contributed by atoms with Crippen LogP contribution in [0, 0.1) is 6.92 Å². The summed E-state index contributed by atoms with van der Waals surface area (Å²) in [6.07, 6.45) is -0.333. The quantitative estimate of drug-likeness (QED) is 0.571. The zero-order chi connectivity index (χ0) is 22.7. The zero-order valence-electron chi connectivity index (χ0n) is 18.1. The monoisotopic (exact) mass is 422 g/mol. The van der Waals surface area contributed by atoms with Crippen LogP contribution in [-0.4, -0.2) is 42.3 Å². The first kappa shape index (κ1) is 22.2. The molecule has 0 fully saturated rings. The molecule has 0 saturated heterocycles. The Hall–Kier alpha value is -3.48. The minimum absolute atomic E-state index is 0.0400. The number of Topliss-reactive ketones (excluding diaryl/α,β-unsaturated/α-hetero) is 1. The minimum Gasteiger partial charge on any atom is -0.453 e. The third-order valence-corrected chi connectivity index (χ3v) is 5.28. The number of nitrogens with one attached hydrogen (secondary N) is 1. The van der Waals surface area contributed by atoms with Crippen molar-refractivity contribution in [1.82, 2.24) is 5.32 Å². The van der Waals surface area contributed by atoms with E-state index in [9.17, 15) is 19.2 Å². The number of anilines is 1. The number of ketones is 1. The molecule has 0 saturated carbocycles. The number of nitrogens with zero attached hydrogens (tertiary/aromatic N) is 1. The molecule has 0 spiro atoms. The van der Waals surface area contributed by atoms with Gasteiger partial charge in [-0.2, -0.15) is 0 Å². The number of amides is 2. The number of rotatable bonds is 6. The average molecular weight is 422 g/mol. The third-order valence-electron chi connectivity index (χ3n) is 5.28. The van der Waals surface area contributed by atoms with E-state index in [4.69, 9.17) is 4.74 Å². The molecule has 7 heteroatoms. The fourth-order valence-corrected chi connectivity index (χ4v) is 3.57. The second kappa shape index (κ2) is 9.12. The molecule has 31 heavy (non-hydrogen) atoms. The first-order valence-electron chi connectivity index (χ1n) is 10.2. The van der Waals surface area contributed by atoms with Gasteiger partial charge in [0.2, 0.25) is 11.7 Å². The van der Waals surface area contributed by atoms with E-state index in [0.717, 1.165) is 16.8 Å². The van der Waals surface area contributed by atoms with Gasteiger partial charge < -0.3 is 15.0 Å². The molecule has 2 aromatic rings. The van der Waals surface area contributed by atoms with Crippen LogP contribution in [0.2, 0.25) is 0 Å². The zero-order valence-corrected chi connectivity index (χ0v) is 18.1. The standard InChI is InChI=1S/C24H26N2O5/c1-14-6-5-7-20(12-14)23(29)25-15(2)24(30)31-16(3)22(28)19-8-9-21-18(13-19)10-11-26(21)17(4)27/h5-9,12-13,15-16H,10-11H2,1-4H3,(H,25,29). The molecule has 0 radical (unpaired) electrons. The van der Waals surface area contributed by atoms with E-state index in [-0.39, 0.29) is 17.6 Å². The number of esters is 1. The summed E-state index contributed by atoms with van der Waals surface area (Å²) in [5.41, 5.74) is 3.52. The summed E-state index contributed by atoms with van der Waals surface area (Å²) in [6, 6.07) is 11.2. The fraction of sp³-hybridized carbons (Fsp3) is 0.333. The van der Waals surface area contributed by atoms with Crippen molar-refractivity contribution in [1.29, 1.82) is 0 Å². The number of carbonyl (C=O) groups is 4. The van der Waals surface area contributed by atoms with Crippen molar-refractivity contribution in [3.8, 4) is 0 Å². The molecule has 162 valence electrons. The summed E-state index contributed by atoms with van der Waals surface area (Å²) in [5, 5.41) is 2.59. The van der Waals surface area contributed by atoms with Crippen LogP contribution in [0.25, 0.3) is 0 Å². The lowest BCUT2D eigenvalue weighted by molar-refractivity contribution is -0.148. The Bertz CT molecular complexity index is 1050. The Morgan fingerprint density at radius 3 is 2.45 bits per heavy atom. The van der Waals surface area contributed by atoms with Gasteiger partial charge in [0.05, 0.1) is 0 Å². The van der Waals surface area contributed by atoms with Crippen LogP contribution >= 0.6 is 0 Å². The SMILES string of the molecule is CC(=O)N1CCc2cc(C(=O)C(C)OC(=O)C(C)NC(=O)c3cccc(C)c3)ccc21. The van der Waals surface area contributed by atoms with Gasteiger partial charge in [0.15, 0.2) is 6.10 Å². The summed E-state index contributed by atoms with van der Waals surface area (Å²) >= 11 is 0. The van der Waals surface area contributed by atoms with Crippen LogP contribution in [-0.2, 0) is 20.7 Å². The second-order valence-corrected chi connectivity index (χ2v) is 7.77. The van der Waals surface area contributed by atoms with Crippen molar-refractivity contribution in [2.45, 2.75) is 46.3 Å². The smallest absolute Gasteiger partial charge is 0.329 e. The van der Waals surface area contributed by atoms with Crippen molar-refractivity contribution in [2.24, 2.45) is 0 Å². The molecule has 1 aliphatic rings. The lowest BCUT2D eigenvalue weighted by Gasteiger charge is -2.18. The molecule has 0 bridgehead atoms. The van der Waals surface area contributed by atoms with E-state index in [1.807, 2.05) is 13.0 Å². The predicted molar refractivity (Wildman–Crippen MR) is 116 cm³/mol. The first-order chi connectivity index (χ1) is 14.7. The van der Waals surface area contributed by atoms with Crippen LogP contribution in [0.3, 0.4) is 0 Å². The number of hydrogen-bond acceptors (Lipinski definition) is 5. The highest BCUT2D eigenvalue weighted by atomic mass is 16.5. The van der Waals surface area contributed by atoms with E-state index >= 15 is 0 Å². The number of carbonyl (C=O) groups excluding carboxylic acids is 4. The van der Waals surface area contributed by atoms with Gasteiger partial charge >= 0.3 is 5.97 Å². The molecule has 1 heterocycles. The van der Waals surface area contributed by atoms with Crippen LogP contribution in [0.1, 0.15) is 52.6 Å². The molecule has 1 aliphatic heterocycles. The molecular weight excluding hydrogens is 396 g/mol. The van der Waals surface area contributed by atoms with Crippen LogP contribution < -0.4 is 10.2 Å². The Morgan fingerprint density at radius 1 is 1.03 bits per heavy atom. The molecule has 2 amide bonds. The van der Waals surface area contributed by atoms with Crippen molar-refractivity contribution in [3.63, 3.8) is 0 Å². The minimum atomic E-state index is -1.01. The second-order valence-electron chi connectivity index (χ2n) is 7.77. The summed E-state index contributed by atoms with van der Waals surface area (Å²) in [5.74, 6) is -1.46. The number of ether oxygens (including phenoxy) is 1. The number of aryl methyl sites for hydroxylation is 1. The fourth-order valence-electron chi connectivity index (χ4n) is 3.57. The van der Waals surface area contributed by atoms with E-state index in [1.54, 1.807) is 41.3 Å². The molecule has 2 atom stereocenters. The van der Waals surface area contributed by atoms with Crippen LogP contribution in [0.15, 0.2) is 42.5 Å². The lowest BCUT2D eigenvalue weighted by atomic mass is 10.0. The normalized spacial score (nSPS) is 14.4. The lowest BCUT2D eigenvalue weighted by Crippen LogP contribution is -2.41. The maximum atomic E-state index is 12.8. The van der Waals surface area contributed by atoms with Crippen molar-refractivity contribution in [2.75, 3.05) is 11.4 Å². The molecule has 0 aromatic heterocycles. The summed E-state index contributed by atoms with van der Waals surface area (Å²) in [6.45, 7) is 6.99. The molecule has 2 unspecified atom stereocenters. The van der Waals surface area contributed by atoms with Crippen molar-refractivity contribution >= 4 is 29.3 Å². The Kier molecular flexibility index (Phi) is 6.53. The predicted octanol–water partition coefficient (Wildman–Crippen LogP) is 2.84. The molecule has 2 aromatic carbocycles. The van der Waals surface area contributed by atoms with Gasteiger partial charge in [0.25, 0.3) is 5.91 Å². The van der Waals surface area contributed by atoms with E-state index < -0.39 is 18.1 Å². The number of fused-ring (bicyclic) bond motifs is 1. The summed E-state index contributed by atoms with van der Waals surface area (Å²) < 4.78 is 5.30. The first-order valence-corrected chi connectivity index (χ1v) is 10.2. The Balaban J connectivity index is 1.61. The van der Waals surface area contributed by atoms with E-state index in [1.165, 1.54) is 20.8 Å². The molecular formula is C24H26N2O5. The topological polar surface area (TPSA) is 92.8 Å². The van der Waals surface area contributed by atoms with Crippen LogP contribution in [0.4, 0.5) is 5.69 Å². The van der Waals surface area contributed by atoms with Gasteiger partial charge in [-0.3, -0.25) is 14.4 Å². The number of benzene rings is 2. The Morgan fingerprint density at radius 2 is 1.77 bits per heavy atom. The van der Waals surface area contributed by atoms with Crippen molar-refractivity contribution in [3.05, 3.63) is 64.7 Å². The van der Waals surface area contributed by atoms with Crippen molar-refractivity contribution < 1.29 is 23.9 Å². The van der Waals surface area contributed by atoms with Gasteiger partial charge in [-0.1, -0.05) is 17.7 Å². The van der Waals surface area contributed by atoms with E-state index in [2.05, 4.69) is 5.32 Å². The highest BCUT2D eigenvalue weighted by molar-refractivity contribution is 6.02. The van der Waals surface area contributed by atoms with Crippen LogP contribution in [0.5, 0.6) is 0 Å². The number of hydrogen-bond donors (Lipinski definition) is 1. The molecule has 0 aliphatic carbocycles. The van der Waals surface area contributed by atoms with E-state index in [0.29, 0.717) is 24.1 Å². The highest BCUT2D eigenvalue weighted by Crippen LogP contribution is 2.29. The highest BCUT2D eigenvalue weighted by Gasteiger charge is 2.27. The van der Waals surface area contributed by atoms with Gasteiger partial charge in [-0.15, -0.1) is 0 Å². The van der Waals surface area contributed by atoms with Gasteiger partial charge in [-0.05, 0) is 63.1 Å². The molecule has 3 rings (SSSR count). The molecule has 1 N–H and O–H groups in total. The Labute approximate surface area is 181 Å². The summed E-state index contributed by atoms with van der Waals surface area (Å²) in [4.78, 5) is 50.8. The maximum Gasteiger partial charge on any atom is 0.329 e. The largest absolute Gasteiger partial charge is 0.453 e.